The second-order valence-electron chi connectivity index (χ2n) is 4.50. The van der Waals surface area contributed by atoms with Gasteiger partial charge in [0.2, 0.25) is 5.88 Å². The van der Waals surface area contributed by atoms with Crippen LogP contribution in [0, 0.1) is 0 Å². The van der Waals surface area contributed by atoms with Crippen molar-refractivity contribution in [3.8, 4) is 5.88 Å². The third-order valence-corrected chi connectivity index (χ3v) is 3.10. The number of rotatable bonds is 4. The van der Waals surface area contributed by atoms with Crippen LogP contribution in [0.3, 0.4) is 0 Å². The van der Waals surface area contributed by atoms with Crippen LogP contribution in [-0.4, -0.2) is 29.0 Å². The van der Waals surface area contributed by atoms with Gasteiger partial charge < -0.3 is 9.47 Å². The first-order valence-electron chi connectivity index (χ1n) is 6.39. The number of amides is 1. The number of aryl methyl sites for hydroxylation is 1. The van der Waals surface area contributed by atoms with Crippen molar-refractivity contribution in [1.82, 2.24) is 9.78 Å². The maximum Gasteiger partial charge on any atom is 0.415 e. The van der Waals surface area contributed by atoms with Gasteiger partial charge >= 0.3 is 6.09 Å². The van der Waals surface area contributed by atoms with Crippen LogP contribution in [-0.2, 0) is 18.4 Å². The Balaban J connectivity index is 1.71. The topological polar surface area (TPSA) is 56.6 Å². The number of anilines is 1. The molecule has 1 aliphatic heterocycles. The van der Waals surface area contributed by atoms with Gasteiger partial charge in [-0.25, -0.2) is 9.48 Å². The minimum Gasteiger partial charge on any atom is -0.472 e. The van der Waals surface area contributed by atoms with Crippen molar-refractivity contribution in [3.05, 3.63) is 42.0 Å². The van der Waals surface area contributed by atoms with Crippen molar-refractivity contribution in [2.45, 2.75) is 6.61 Å². The number of nitrogens with zero attached hydrogens (tertiary/aromatic N) is 3. The second kappa shape index (κ2) is 5.24. The first-order chi connectivity index (χ1) is 9.74. The predicted molar refractivity (Wildman–Crippen MR) is 72.7 cm³/mol. The van der Waals surface area contributed by atoms with Gasteiger partial charge in [0.1, 0.15) is 19.0 Å². The Morgan fingerprint density at radius 2 is 2.15 bits per heavy atom. The molecule has 1 saturated heterocycles. The van der Waals surface area contributed by atoms with E-state index >= 15 is 0 Å². The highest BCUT2D eigenvalue weighted by molar-refractivity contribution is 5.88. The normalized spacial score (nSPS) is 14.4. The number of ether oxygens (including phenoxy) is 2. The van der Waals surface area contributed by atoms with Gasteiger partial charge in [-0.3, -0.25) is 4.90 Å². The van der Waals surface area contributed by atoms with E-state index < -0.39 is 0 Å². The molecule has 0 atom stereocenters. The quantitative estimate of drug-likeness (QED) is 0.854. The molecule has 1 aliphatic rings. The van der Waals surface area contributed by atoms with Crippen molar-refractivity contribution in [2.24, 2.45) is 7.05 Å². The molecular formula is C14H15N3O3. The maximum atomic E-state index is 11.5. The molecule has 0 N–H and O–H groups in total. The lowest BCUT2D eigenvalue weighted by Gasteiger charge is -2.10. The lowest BCUT2D eigenvalue weighted by atomic mass is 10.2. The molecule has 1 aromatic carbocycles. The van der Waals surface area contributed by atoms with Gasteiger partial charge in [0.15, 0.2) is 0 Å². The van der Waals surface area contributed by atoms with E-state index in [1.807, 2.05) is 30.3 Å². The Bertz CT molecular complexity index is 609. The van der Waals surface area contributed by atoms with Gasteiger partial charge in [-0.05, 0) is 5.56 Å². The second-order valence-corrected chi connectivity index (χ2v) is 4.50. The van der Waals surface area contributed by atoms with E-state index in [1.165, 1.54) is 0 Å². The van der Waals surface area contributed by atoms with Crippen molar-refractivity contribution in [2.75, 3.05) is 18.1 Å². The standard InChI is InChI=1S/C14H15N3O3/c1-16-13(17-7-8-19-14(17)18)9-12(15-16)20-10-11-5-3-2-4-6-11/h2-6,9H,7-8,10H2,1H3. The summed E-state index contributed by atoms with van der Waals surface area (Å²) >= 11 is 0. The zero-order valence-electron chi connectivity index (χ0n) is 11.2. The monoisotopic (exact) mass is 273 g/mol. The third-order valence-electron chi connectivity index (χ3n) is 3.10. The molecule has 0 spiro atoms. The fourth-order valence-corrected chi connectivity index (χ4v) is 2.09. The molecule has 2 aromatic rings. The van der Waals surface area contributed by atoms with Crippen LogP contribution in [0.15, 0.2) is 36.4 Å². The lowest BCUT2D eigenvalue weighted by Crippen LogP contribution is -2.25. The molecule has 6 heteroatoms. The summed E-state index contributed by atoms with van der Waals surface area (Å²) in [7, 11) is 1.77. The molecule has 20 heavy (non-hydrogen) atoms. The van der Waals surface area contributed by atoms with Crippen LogP contribution in [0.2, 0.25) is 0 Å². The summed E-state index contributed by atoms with van der Waals surface area (Å²) in [5.41, 5.74) is 1.07. The fraction of sp³-hybridized carbons (Fsp3) is 0.286. The van der Waals surface area contributed by atoms with E-state index in [1.54, 1.807) is 22.7 Å². The van der Waals surface area contributed by atoms with Gasteiger partial charge in [-0.1, -0.05) is 30.3 Å². The van der Waals surface area contributed by atoms with Crippen molar-refractivity contribution < 1.29 is 14.3 Å². The molecule has 0 radical (unpaired) electrons. The lowest BCUT2D eigenvalue weighted by molar-refractivity contribution is 0.181. The van der Waals surface area contributed by atoms with E-state index in [-0.39, 0.29) is 6.09 Å². The first-order valence-corrected chi connectivity index (χ1v) is 6.39. The zero-order valence-corrected chi connectivity index (χ0v) is 11.2. The third kappa shape index (κ3) is 2.45. The number of benzene rings is 1. The predicted octanol–water partition coefficient (Wildman–Crippen LogP) is 1.96. The molecule has 0 saturated carbocycles. The maximum absolute atomic E-state index is 11.5. The number of carbonyl (C=O) groups is 1. The Morgan fingerprint density at radius 3 is 2.85 bits per heavy atom. The summed E-state index contributed by atoms with van der Waals surface area (Å²) in [4.78, 5) is 13.1. The molecule has 104 valence electrons. The number of carbonyl (C=O) groups excluding carboxylic acids is 1. The number of hydrogen-bond donors (Lipinski definition) is 0. The number of cyclic esters (lactones) is 1. The Morgan fingerprint density at radius 1 is 1.35 bits per heavy atom. The number of aromatic nitrogens is 2. The van der Waals surface area contributed by atoms with Crippen LogP contribution in [0.1, 0.15) is 5.56 Å². The Kier molecular flexibility index (Phi) is 3.28. The Hall–Kier alpha value is -2.50. The van der Waals surface area contributed by atoms with Crippen LogP contribution >= 0.6 is 0 Å². The highest BCUT2D eigenvalue weighted by atomic mass is 16.6. The smallest absolute Gasteiger partial charge is 0.415 e. The average Bonchev–Trinajstić information content (AvgIpc) is 3.03. The molecule has 1 aromatic heterocycles. The van der Waals surface area contributed by atoms with Crippen molar-refractivity contribution >= 4 is 11.9 Å². The minimum atomic E-state index is -0.345. The highest BCUT2D eigenvalue weighted by Crippen LogP contribution is 2.23. The zero-order chi connectivity index (χ0) is 13.9. The fourth-order valence-electron chi connectivity index (χ4n) is 2.09. The van der Waals surface area contributed by atoms with E-state index in [0.29, 0.717) is 31.5 Å². The van der Waals surface area contributed by atoms with Gasteiger partial charge in [-0.2, -0.15) is 0 Å². The molecule has 3 rings (SSSR count). The van der Waals surface area contributed by atoms with E-state index in [0.717, 1.165) is 5.56 Å². The molecule has 0 aliphatic carbocycles. The molecule has 1 amide bonds. The summed E-state index contributed by atoms with van der Waals surface area (Å²) in [5.74, 6) is 1.17. The van der Waals surface area contributed by atoms with Gasteiger partial charge in [-0.15, -0.1) is 5.10 Å². The van der Waals surface area contributed by atoms with Gasteiger partial charge in [0.05, 0.1) is 6.54 Å². The average molecular weight is 273 g/mol. The Labute approximate surface area is 116 Å². The van der Waals surface area contributed by atoms with Crippen LogP contribution in [0.4, 0.5) is 10.6 Å². The number of hydrogen-bond acceptors (Lipinski definition) is 4. The molecular weight excluding hydrogens is 258 g/mol. The van der Waals surface area contributed by atoms with Gasteiger partial charge in [0.25, 0.3) is 0 Å². The van der Waals surface area contributed by atoms with Gasteiger partial charge in [0, 0.05) is 13.1 Å². The summed E-state index contributed by atoms with van der Waals surface area (Å²) < 4.78 is 12.2. The van der Waals surface area contributed by atoms with E-state index in [2.05, 4.69) is 5.10 Å². The van der Waals surface area contributed by atoms with Crippen molar-refractivity contribution in [3.63, 3.8) is 0 Å². The largest absolute Gasteiger partial charge is 0.472 e. The molecule has 6 nitrogen and oxygen atoms in total. The SMILES string of the molecule is Cn1nc(OCc2ccccc2)cc1N1CCOC1=O. The van der Waals surface area contributed by atoms with E-state index in [9.17, 15) is 4.79 Å². The molecule has 0 unspecified atom stereocenters. The highest BCUT2D eigenvalue weighted by Gasteiger charge is 2.26. The molecule has 0 bridgehead atoms. The summed E-state index contributed by atoms with van der Waals surface area (Å²) in [6.07, 6.45) is -0.345. The molecule has 1 fully saturated rings. The molecule has 2 heterocycles. The summed E-state index contributed by atoms with van der Waals surface area (Å²) in [6.45, 7) is 1.39. The van der Waals surface area contributed by atoms with Crippen LogP contribution in [0.5, 0.6) is 5.88 Å². The van der Waals surface area contributed by atoms with Crippen LogP contribution < -0.4 is 9.64 Å². The van der Waals surface area contributed by atoms with Crippen molar-refractivity contribution in [1.29, 1.82) is 0 Å². The summed E-state index contributed by atoms with van der Waals surface area (Å²) in [6, 6.07) is 11.6. The first kappa shape index (κ1) is 12.5. The minimum absolute atomic E-state index is 0.345. The van der Waals surface area contributed by atoms with Crippen LogP contribution in [0.25, 0.3) is 0 Å². The summed E-state index contributed by atoms with van der Waals surface area (Å²) in [5, 5.41) is 4.25. The van der Waals surface area contributed by atoms with E-state index in [4.69, 9.17) is 9.47 Å².